The van der Waals surface area contributed by atoms with E-state index in [1.165, 1.54) is 0 Å². The molecular formula is C40H40O5. The highest BCUT2D eigenvalue weighted by Gasteiger charge is 2.49. The summed E-state index contributed by atoms with van der Waals surface area (Å²) >= 11 is 0. The van der Waals surface area contributed by atoms with Crippen LogP contribution in [0.4, 0.5) is 0 Å². The largest absolute Gasteiger partial charge is 0.374 e. The van der Waals surface area contributed by atoms with E-state index in [-0.39, 0.29) is 0 Å². The number of hydrogen-bond acceptors (Lipinski definition) is 5. The molecule has 45 heavy (non-hydrogen) atoms. The van der Waals surface area contributed by atoms with Gasteiger partial charge in [0.05, 0.1) is 33.0 Å². The van der Waals surface area contributed by atoms with E-state index in [9.17, 15) is 0 Å². The third kappa shape index (κ3) is 8.76. The van der Waals surface area contributed by atoms with Gasteiger partial charge in [-0.2, -0.15) is 0 Å². The highest BCUT2D eigenvalue weighted by molar-refractivity contribution is 5.22. The molecular weight excluding hydrogens is 560 g/mol. The Kier molecular flexibility index (Phi) is 11.2. The molecule has 0 aliphatic carbocycles. The molecule has 0 aromatic heterocycles. The van der Waals surface area contributed by atoms with Crippen LogP contribution in [0, 0.1) is 0 Å². The predicted octanol–water partition coefficient (Wildman–Crippen LogP) is 8.10. The Morgan fingerprint density at radius 2 is 0.778 bits per heavy atom. The van der Waals surface area contributed by atoms with Crippen LogP contribution < -0.4 is 0 Å². The second kappa shape index (κ2) is 16.3. The molecule has 230 valence electrons. The summed E-state index contributed by atoms with van der Waals surface area (Å²) in [5, 5.41) is 0. The van der Waals surface area contributed by atoms with Crippen molar-refractivity contribution in [3.05, 3.63) is 179 Å². The van der Waals surface area contributed by atoms with Crippen LogP contribution in [-0.4, -0.2) is 31.0 Å². The second-order valence-electron chi connectivity index (χ2n) is 11.3. The fraction of sp³-hybridized carbons (Fsp3) is 0.250. The zero-order valence-electron chi connectivity index (χ0n) is 25.4. The first-order valence-electron chi connectivity index (χ1n) is 15.6. The average molecular weight is 601 g/mol. The van der Waals surface area contributed by atoms with Crippen LogP contribution in [0.5, 0.6) is 0 Å². The summed E-state index contributed by atoms with van der Waals surface area (Å²) in [7, 11) is 0. The van der Waals surface area contributed by atoms with Crippen LogP contribution in [0.3, 0.4) is 0 Å². The molecule has 0 radical (unpaired) electrons. The molecule has 1 aliphatic heterocycles. The second-order valence-corrected chi connectivity index (χ2v) is 11.3. The lowest BCUT2D eigenvalue weighted by molar-refractivity contribution is -0.275. The Hall–Kier alpha value is -4.10. The van der Waals surface area contributed by atoms with Gasteiger partial charge in [-0.1, -0.05) is 152 Å². The molecule has 0 saturated carbocycles. The van der Waals surface area contributed by atoms with Gasteiger partial charge in [-0.05, 0) is 27.8 Å². The monoisotopic (exact) mass is 600 g/mol. The highest BCUT2D eigenvalue weighted by Crippen LogP contribution is 2.38. The van der Waals surface area contributed by atoms with Gasteiger partial charge in [0.2, 0.25) is 0 Å². The van der Waals surface area contributed by atoms with Gasteiger partial charge < -0.3 is 23.7 Å². The Morgan fingerprint density at radius 1 is 0.400 bits per heavy atom. The maximum absolute atomic E-state index is 6.94. The van der Waals surface area contributed by atoms with Gasteiger partial charge in [0.15, 0.2) is 0 Å². The van der Waals surface area contributed by atoms with Gasteiger partial charge in [0.1, 0.15) is 30.5 Å². The highest BCUT2D eigenvalue weighted by atomic mass is 16.6. The van der Waals surface area contributed by atoms with Crippen LogP contribution in [0.25, 0.3) is 0 Å². The topological polar surface area (TPSA) is 46.2 Å². The molecule has 5 aromatic rings. The molecule has 1 heterocycles. The minimum Gasteiger partial charge on any atom is -0.374 e. The van der Waals surface area contributed by atoms with E-state index >= 15 is 0 Å². The molecule has 0 bridgehead atoms. The van der Waals surface area contributed by atoms with Crippen molar-refractivity contribution in [2.75, 3.05) is 6.61 Å². The van der Waals surface area contributed by atoms with Gasteiger partial charge >= 0.3 is 0 Å². The molecule has 0 N–H and O–H groups in total. The van der Waals surface area contributed by atoms with Crippen LogP contribution in [0.15, 0.2) is 152 Å². The number of hydrogen-bond donors (Lipinski definition) is 0. The molecule has 1 fully saturated rings. The minimum absolute atomic E-state index is 0.342. The summed E-state index contributed by atoms with van der Waals surface area (Å²) in [4.78, 5) is 0. The maximum Gasteiger partial charge on any atom is 0.117 e. The molecule has 0 spiro atoms. The van der Waals surface area contributed by atoms with E-state index in [0.717, 1.165) is 27.8 Å². The summed E-state index contributed by atoms with van der Waals surface area (Å²) in [5.74, 6) is 0. The first kappa shape index (κ1) is 30.9. The Balaban J connectivity index is 1.32. The van der Waals surface area contributed by atoms with Crippen LogP contribution in [0.2, 0.25) is 0 Å². The van der Waals surface area contributed by atoms with Crippen molar-refractivity contribution >= 4 is 0 Å². The SMILES string of the molecule is c1ccc(COCC2O[C@@H](c3ccccc3)C(OCc3ccccc3)C(OCc3ccccc3)[C@@H]2OCc2ccccc2)cc1. The first-order valence-corrected chi connectivity index (χ1v) is 15.6. The van der Waals surface area contributed by atoms with E-state index in [1.807, 2.05) is 91.0 Å². The van der Waals surface area contributed by atoms with E-state index in [0.29, 0.717) is 33.0 Å². The Morgan fingerprint density at radius 3 is 1.24 bits per heavy atom. The molecule has 0 amide bonds. The quantitative estimate of drug-likeness (QED) is 0.129. The van der Waals surface area contributed by atoms with E-state index in [1.54, 1.807) is 0 Å². The van der Waals surface area contributed by atoms with Gasteiger partial charge in [-0.15, -0.1) is 0 Å². The van der Waals surface area contributed by atoms with Gasteiger partial charge in [-0.25, -0.2) is 0 Å². The molecule has 1 aliphatic rings. The Labute approximate surface area is 266 Å². The minimum atomic E-state index is -0.453. The molecule has 5 aromatic carbocycles. The van der Waals surface area contributed by atoms with Crippen molar-refractivity contribution in [2.24, 2.45) is 0 Å². The van der Waals surface area contributed by atoms with Crippen LogP contribution in [0.1, 0.15) is 33.9 Å². The average Bonchev–Trinajstić information content (AvgIpc) is 3.11. The van der Waals surface area contributed by atoms with Crippen molar-refractivity contribution in [2.45, 2.75) is 56.9 Å². The van der Waals surface area contributed by atoms with Crippen LogP contribution >= 0.6 is 0 Å². The molecule has 5 atom stereocenters. The maximum atomic E-state index is 6.94. The third-order valence-corrected chi connectivity index (χ3v) is 8.01. The third-order valence-electron chi connectivity index (χ3n) is 8.01. The zero-order valence-corrected chi connectivity index (χ0v) is 25.4. The number of benzene rings is 5. The number of ether oxygens (including phenoxy) is 5. The zero-order chi connectivity index (χ0) is 30.5. The molecule has 5 nitrogen and oxygen atoms in total. The normalized spacial score (nSPS) is 21.4. The van der Waals surface area contributed by atoms with Crippen molar-refractivity contribution in [3.63, 3.8) is 0 Å². The van der Waals surface area contributed by atoms with Crippen molar-refractivity contribution < 1.29 is 23.7 Å². The summed E-state index contributed by atoms with van der Waals surface area (Å²) < 4.78 is 33.6. The van der Waals surface area contributed by atoms with E-state index in [4.69, 9.17) is 23.7 Å². The van der Waals surface area contributed by atoms with Crippen molar-refractivity contribution in [1.82, 2.24) is 0 Å². The summed E-state index contributed by atoms with van der Waals surface area (Å²) in [6.45, 7) is 2.07. The molecule has 5 heteroatoms. The fourth-order valence-corrected chi connectivity index (χ4v) is 5.70. The smallest absolute Gasteiger partial charge is 0.117 e. The molecule has 1 saturated heterocycles. The fourth-order valence-electron chi connectivity index (χ4n) is 5.70. The van der Waals surface area contributed by atoms with E-state index < -0.39 is 30.5 Å². The summed E-state index contributed by atoms with van der Waals surface area (Å²) in [5.41, 5.74) is 5.38. The lowest BCUT2D eigenvalue weighted by Gasteiger charge is -2.46. The molecule has 6 rings (SSSR count). The predicted molar refractivity (Wildman–Crippen MR) is 175 cm³/mol. The number of rotatable bonds is 14. The molecule has 3 unspecified atom stereocenters. The van der Waals surface area contributed by atoms with Crippen molar-refractivity contribution in [3.8, 4) is 0 Å². The van der Waals surface area contributed by atoms with Gasteiger partial charge in [0.25, 0.3) is 0 Å². The summed E-state index contributed by atoms with van der Waals surface area (Å²) in [6.07, 6.45) is -2.13. The standard InChI is InChI=1S/C40H40O5/c1-6-16-31(17-7-1)26-41-30-36-38(42-27-32-18-8-2-9-19-32)40(44-29-34-22-12-4-13-23-34)39(43-28-33-20-10-3-11-21-33)37(45-36)35-24-14-5-15-25-35/h1-25,36-40H,26-30H2/t36?,37-,38+,39?,40?/m0/s1. The lowest BCUT2D eigenvalue weighted by atomic mass is 9.90. The summed E-state index contributed by atoms with van der Waals surface area (Å²) in [6, 6.07) is 51.1. The van der Waals surface area contributed by atoms with Crippen LogP contribution in [-0.2, 0) is 50.1 Å². The van der Waals surface area contributed by atoms with E-state index in [2.05, 4.69) is 60.7 Å². The van der Waals surface area contributed by atoms with Gasteiger partial charge in [-0.3, -0.25) is 0 Å². The lowest BCUT2D eigenvalue weighted by Crippen LogP contribution is -2.58. The Bertz CT molecular complexity index is 1520. The first-order chi connectivity index (χ1) is 22.3. The van der Waals surface area contributed by atoms with Crippen molar-refractivity contribution in [1.29, 1.82) is 0 Å². The van der Waals surface area contributed by atoms with Gasteiger partial charge in [0, 0.05) is 0 Å².